The number of pyridine rings is 2. The fourth-order valence-corrected chi connectivity index (χ4v) is 3.66. The molecule has 8 heteroatoms. The summed E-state index contributed by atoms with van der Waals surface area (Å²) in [5.74, 6) is 0.996. The minimum Gasteiger partial charge on any atom is -0.481 e. The highest BCUT2D eigenvalue weighted by Gasteiger charge is 2.38. The van der Waals surface area contributed by atoms with E-state index in [0.29, 0.717) is 17.5 Å². The van der Waals surface area contributed by atoms with Gasteiger partial charge in [0.05, 0.1) is 18.2 Å². The highest BCUT2D eigenvalue weighted by molar-refractivity contribution is 6.06. The Kier molecular flexibility index (Phi) is 3.95. The lowest BCUT2D eigenvalue weighted by Crippen LogP contribution is -2.26. The van der Waals surface area contributed by atoms with Gasteiger partial charge in [-0.05, 0) is 49.7 Å². The van der Waals surface area contributed by atoms with Crippen LogP contribution in [0.3, 0.4) is 0 Å². The largest absolute Gasteiger partial charge is 0.481 e. The van der Waals surface area contributed by atoms with E-state index in [9.17, 15) is 4.79 Å². The second kappa shape index (κ2) is 6.55. The Bertz CT molecular complexity index is 1290. The number of aromatic nitrogens is 4. The lowest BCUT2D eigenvalue weighted by atomic mass is 9.86. The molecule has 0 bridgehead atoms. The number of rotatable bonds is 4. The zero-order valence-electron chi connectivity index (χ0n) is 16.8. The molecule has 0 spiro atoms. The van der Waals surface area contributed by atoms with Gasteiger partial charge in [0.15, 0.2) is 5.65 Å². The van der Waals surface area contributed by atoms with Crippen molar-refractivity contribution in [2.75, 3.05) is 17.7 Å². The third-order valence-corrected chi connectivity index (χ3v) is 5.36. The summed E-state index contributed by atoms with van der Waals surface area (Å²) in [7, 11) is 1.59. The number of carbonyl (C=O) groups is 1. The van der Waals surface area contributed by atoms with E-state index in [0.717, 1.165) is 28.2 Å². The molecule has 5 rings (SSSR count). The molecular weight excluding hydrogens is 380 g/mol. The molecule has 1 amide bonds. The predicted octanol–water partition coefficient (Wildman–Crippen LogP) is 3.77. The zero-order chi connectivity index (χ0) is 20.9. The molecule has 1 aliphatic heterocycles. The van der Waals surface area contributed by atoms with Gasteiger partial charge in [-0.2, -0.15) is 4.98 Å². The lowest BCUT2D eigenvalue weighted by Gasteiger charge is -2.14. The van der Waals surface area contributed by atoms with E-state index in [2.05, 4.69) is 25.7 Å². The lowest BCUT2D eigenvalue weighted by molar-refractivity contribution is -0.119. The number of carbonyl (C=O) groups excluding carboxylic acids is 1. The summed E-state index contributed by atoms with van der Waals surface area (Å²) in [6.07, 6.45) is 1.70. The van der Waals surface area contributed by atoms with Gasteiger partial charge >= 0.3 is 0 Å². The summed E-state index contributed by atoms with van der Waals surface area (Å²) in [6.45, 7) is 3.83. The first kappa shape index (κ1) is 18.1. The van der Waals surface area contributed by atoms with Gasteiger partial charge in [-0.25, -0.2) is 9.50 Å². The van der Waals surface area contributed by atoms with Gasteiger partial charge in [0.25, 0.3) is 0 Å². The van der Waals surface area contributed by atoms with E-state index in [1.54, 1.807) is 17.8 Å². The molecule has 0 fully saturated rings. The summed E-state index contributed by atoms with van der Waals surface area (Å²) >= 11 is 0. The summed E-state index contributed by atoms with van der Waals surface area (Å²) in [5.41, 5.74) is 4.56. The molecular formula is C22H20N6O2. The fraction of sp³-hybridized carbons (Fsp3) is 0.182. The van der Waals surface area contributed by atoms with Gasteiger partial charge in [-0.15, -0.1) is 5.10 Å². The number of ether oxygens (including phenoxy) is 1. The van der Waals surface area contributed by atoms with Crippen LogP contribution in [0.2, 0.25) is 0 Å². The molecule has 0 saturated carbocycles. The van der Waals surface area contributed by atoms with Crippen molar-refractivity contribution in [2.45, 2.75) is 19.3 Å². The maximum atomic E-state index is 12.2. The second-order valence-electron chi connectivity index (χ2n) is 7.67. The molecule has 0 atom stereocenters. The van der Waals surface area contributed by atoms with Gasteiger partial charge in [0.2, 0.25) is 17.7 Å². The van der Waals surface area contributed by atoms with Gasteiger partial charge in [-0.3, -0.25) is 4.79 Å². The summed E-state index contributed by atoms with van der Waals surface area (Å²) < 4.78 is 7.01. The molecule has 2 N–H and O–H groups in total. The Morgan fingerprint density at radius 1 is 1.13 bits per heavy atom. The first-order chi connectivity index (χ1) is 14.5. The number of nitrogens with one attached hydrogen (secondary N) is 2. The SMILES string of the molecule is COc1cc(-c2cccc3nc(Nc4ccc5c(c4)NC(=O)C5(C)C)nn23)ccn1. The summed E-state index contributed by atoms with van der Waals surface area (Å²) in [6, 6.07) is 15.3. The number of benzene rings is 1. The number of hydrogen-bond acceptors (Lipinski definition) is 6. The molecule has 0 saturated heterocycles. The van der Waals surface area contributed by atoms with Crippen molar-refractivity contribution < 1.29 is 9.53 Å². The van der Waals surface area contributed by atoms with Crippen LogP contribution >= 0.6 is 0 Å². The van der Waals surface area contributed by atoms with Crippen molar-refractivity contribution in [3.8, 4) is 17.1 Å². The zero-order valence-corrected chi connectivity index (χ0v) is 16.8. The molecule has 0 unspecified atom stereocenters. The summed E-state index contributed by atoms with van der Waals surface area (Å²) in [5, 5.41) is 10.8. The quantitative estimate of drug-likeness (QED) is 0.542. The van der Waals surface area contributed by atoms with Gasteiger partial charge in [0, 0.05) is 29.2 Å². The highest BCUT2D eigenvalue weighted by atomic mass is 16.5. The van der Waals surface area contributed by atoms with E-state index in [1.807, 2.05) is 62.4 Å². The van der Waals surface area contributed by atoms with Crippen LogP contribution < -0.4 is 15.4 Å². The minimum atomic E-state index is -0.532. The Morgan fingerprint density at radius 2 is 2.00 bits per heavy atom. The molecule has 30 heavy (non-hydrogen) atoms. The maximum Gasteiger partial charge on any atom is 0.247 e. The molecule has 0 radical (unpaired) electrons. The monoisotopic (exact) mass is 400 g/mol. The fourth-order valence-electron chi connectivity index (χ4n) is 3.66. The maximum absolute atomic E-state index is 12.2. The Hall–Kier alpha value is -3.94. The van der Waals surface area contributed by atoms with Gasteiger partial charge < -0.3 is 15.4 Å². The third-order valence-electron chi connectivity index (χ3n) is 5.36. The van der Waals surface area contributed by atoms with E-state index in [1.165, 1.54) is 0 Å². The predicted molar refractivity (Wildman–Crippen MR) is 114 cm³/mol. The van der Waals surface area contributed by atoms with Crippen LogP contribution in [0.1, 0.15) is 19.4 Å². The van der Waals surface area contributed by atoms with E-state index < -0.39 is 5.41 Å². The first-order valence-corrected chi connectivity index (χ1v) is 9.55. The standard InChI is InChI=1S/C22H20N6O2/c1-22(2)15-8-7-14(12-16(15)25-20(22)29)24-21-26-18-6-4-5-17(28(18)27-21)13-9-10-23-19(11-13)30-3/h4-12H,1-3H3,(H,24,27)(H,25,29). The van der Waals surface area contributed by atoms with Crippen LogP contribution in [-0.2, 0) is 10.2 Å². The van der Waals surface area contributed by atoms with Gasteiger partial charge in [-0.1, -0.05) is 12.1 Å². The van der Waals surface area contributed by atoms with Crippen LogP contribution in [0, 0.1) is 0 Å². The smallest absolute Gasteiger partial charge is 0.247 e. The Morgan fingerprint density at radius 3 is 2.83 bits per heavy atom. The number of methoxy groups -OCH3 is 1. The van der Waals surface area contributed by atoms with Crippen molar-refractivity contribution in [3.05, 3.63) is 60.3 Å². The third kappa shape index (κ3) is 2.85. The molecule has 3 aromatic heterocycles. The number of anilines is 3. The average Bonchev–Trinajstić information content (AvgIpc) is 3.25. The van der Waals surface area contributed by atoms with Crippen LogP contribution in [0.4, 0.5) is 17.3 Å². The van der Waals surface area contributed by atoms with Crippen molar-refractivity contribution in [1.29, 1.82) is 0 Å². The number of hydrogen-bond donors (Lipinski definition) is 2. The average molecular weight is 400 g/mol. The Balaban J connectivity index is 1.50. The van der Waals surface area contributed by atoms with Crippen LogP contribution in [0.15, 0.2) is 54.7 Å². The first-order valence-electron chi connectivity index (χ1n) is 9.55. The molecule has 4 aromatic rings. The minimum absolute atomic E-state index is 0.00192. The molecule has 1 aliphatic rings. The number of amides is 1. The Labute approximate surface area is 172 Å². The van der Waals surface area contributed by atoms with E-state index >= 15 is 0 Å². The molecule has 4 heterocycles. The van der Waals surface area contributed by atoms with E-state index in [-0.39, 0.29) is 5.91 Å². The van der Waals surface area contributed by atoms with Crippen molar-refractivity contribution in [1.82, 2.24) is 19.6 Å². The summed E-state index contributed by atoms with van der Waals surface area (Å²) in [4.78, 5) is 20.9. The van der Waals surface area contributed by atoms with Crippen LogP contribution in [0.5, 0.6) is 5.88 Å². The van der Waals surface area contributed by atoms with Crippen molar-refractivity contribution >= 4 is 28.9 Å². The van der Waals surface area contributed by atoms with Crippen LogP contribution in [-0.4, -0.2) is 32.6 Å². The van der Waals surface area contributed by atoms with Gasteiger partial charge in [0.1, 0.15) is 0 Å². The molecule has 8 nitrogen and oxygen atoms in total. The molecule has 1 aromatic carbocycles. The topological polar surface area (TPSA) is 93.4 Å². The highest BCUT2D eigenvalue weighted by Crippen LogP contribution is 2.39. The molecule has 150 valence electrons. The van der Waals surface area contributed by atoms with Crippen molar-refractivity contribution in [3.63, 3.8) is 0 Å². The second-order valence-corrected chi connectivity index (χ2v) is 7.67. The van der Waals surface area contributed by atoms with Crippen molar-refractivity contribution in [2.24, 2.45) is 0 Å². The van der Waals surface area contributed by atoms with Crippen LogP contribution in [0.25, 0.3) is 16.9 Å². The molecule has 0 aliphatic carbocycles. The number of fused-ring (bicyclic) bond motifs is 2. The van der Waals surface area contributed by atoms with E-state index in [4.69, 9.17) is 4.74 Å². The normalized spacial score (nSPS) is 14.4. The number of nitrogens with zero attached hydrogens (tertiary/aromatic N) is 4.